The van der Waals surface area contributed by atoms with Crippen molar-refractivity contribution >= 4 is 19.8 Å². The first-order chi connectivity index (χ1) is 54.4. The van der Waals surface area contributed by atoms with Crippen molar-refractivity contribution in [2.24, 2.45) is 0 Å². The average Bonchev–Trinajstić information content (AvgIpc) is 0.660. The minimum Gasteiger partial charge on any atom is -0.756 e. The minimum absolute atomic E-state index is 3.69. The predicted octanol–water partition coefficient (Wildman–Crippen LogP) is 10.6. The van der Waals surface area contributed by atoms with Crippen molar-refractivity contribution in [3.63, 3.8) is 0 Å². The SMILES string of the molecule is [2H]C([2H])([2H])C([2H])([2H])C([2H])([2H])C([2H])([2H])C([2H])([2H])C([2H])([2H])C([2H])([2H])C([2H])([2H])C([2H])([2H])C([2H])([2H])C([2H])([2H])C([2H])([2H])C([2H])([2H])C([2H])([2H])C([2H])([2H])C(=O)OC([2H])([2H])C([2H])(OC(=O)C([2H])([2H])C([2H])([2H])C([2H])([2H])C([2H])([2H])C([2H])([2H])C([2H])([2H])C([2H])([2H])C([2H])([2H])C([2H])([2H])C([2H])([2H])C([2H])([2H])C([2H])([2H])C([2H])([2H])C([2H])([2H])C([2H])([2H])[2H])C([2H])([2H])OP(=O)([O-])OC([2H])([2H])C([2H])([2H])[N+](C([2H])([2H])[2H])(C([2H])([2H])[2H])C([2H])([2H])[2H]. The molecule has 0 radical (unpaired) electrons. The molecule has 0 aromatic heterocycles. The standard InChI is InChI=1S/C40H80NO8P/c1-6-8-10-12-14-16-18-20-22-24-26-28-30-32-39(42)46-36-38(37-48-50(44,45)47-35-34-41(3,4)5)49-40(43)33-31-29-27-25-23-21-19-17-15-13-11-9-7-2/h38H,6-37H2,1-5H3/i1D3,2D3,3D3,4D3,5D3,6D2,7D2,8D2,9D2,10D2,11D2,12D2,13D2,14D2,15D2,16D2,17D2,18D2,19D2,20D2,21D2,22D2,23D2,24D2,25D2,26D2,27D2,28D2,29D2,30D2,31D2,32D2,33D2,34D2,35D2,36D2,37D2,38D. The maximum atomic E-state index is 14.5. The van der Waals surface area contributed by atoms with Gasteiger partial charge in [-0.25, -0.2) is 0 Å². The second kappa shape index (κ2) is 33.8. The van der Waals surface area contributed by atoms with E-state index in [4.69, 9.17) is 110 Å². The monoisotopic (exact) mass is 814 g/mol. The number of carbonyl (C=O) groups excluding carboxylic acids is 2. The van der Waals surface area contributed by atoms with Gasteiger partial charge in [0.05, 0.1) is 52.2 Å². The summed E-state index contributed by atoms with van der Waals surface area (Å²) in [6.07, 6.45) is -163. The van der Waals surface area contributed by atoms with Crippen molar-refractivity contribution in [3.8, 4) is 0 Å². The number of hydrogen-bond acceptors (Lipinski definition) is 8. The van der Waals surface area contributed by atoms with Crippen molar-refractivity contribution < 1.29 is 152 Å². The van der Waals surface area contributed by atoms with Gasteiger partial charge in [-0.05, 0) is 12.7 Å². The van der Waals surface area contributed by atoms with Gasteiger partial charge in [0.2, 0.25) is 0 Å². The van der Waals surface area contributed by atoms with E-state index in [0.717, 1.165) is 0 Å². The molecule has 9 nitrogen and oxygen atoms in total. The summed E-state index contributed by atoms with van der Waals surface area (Å²) >= 11 is 0. The number of hydrogen-bond donors (Lipinski definition) is 0. The predicted molar refractivity (Wildman–Crippen MR) is 204 cm³/mol. The van der Waals surface area contributed by atoms with Crippen molar-refractivity contribution in [2.75, 3.05) is 47.1 Å². The van der Waals surface area contributed by atoms with Crippen LogP contribution in [0.3, 0.4) is 0 Å². The Labute approximate surface area is 420 Å². The Morgan fingerprint density at radius 2 is 1.02 bits per heavy atom. The van der Waals surface area contributed by atoms with Gasteiger partial charge in [-0.1, -0.05) is 167 Å². The van der Waals surface area contributed by atoms with Crippen molar-refractivity contribution in [1.82, 2.24) is 0 Å². The molecule has 0 aliphatic carbocycles. The van der Waals surface area contributed by atoms with E-state index in [0.29, 0.717) is 0 Å². The van der Waals surface area contributed by atoms with Gasteiger partial charge in [0.15, 0.2) is 6.08 Å². The van der Waals surface area contributed by atoms with Gasteiger partial charge in [0.25, 0.3) is 7.82 Å². The summed E-state index contributed by atoms with van der Waals surface area (Å²) in [4.78, 5) is 42.6. The summed E-state index contributed by atoms with van der Waals surface area (Å²) < 4.78 is 681. The minimum atomic E-state index is -8.36. The van der Waals surface area contributed by atoms with Crippen LogP contribution in [-0.4, -0.2) is 69.6 Å². The fourth-order valence-corrected chi connectivity index (χ4v) is 1.80. The molecular formula is C40H80NO8P. The van der Waals surface area contributed by atoms with E-state index in [1.807, 2.05) is 0 Å². The van der Waals surface area contributed by atoms with Gasteiger partial charge in [-0.3, -0.25) is 14.2 Å². The Bertz CT molecular complexity index is 4110. The van der Waals surface area contributed by atoms with Gasteiger partial charge in [-0.15, -0.1) is 0 Å². The number of esters is 2. The number of phosphoric acid groups is 1. The van der Waals surface area contributed by atoms with Crippen LogP contribution in [0, 0.1) is 0 Å². The van der Waals surface area contributed by atoms with Gasteiger partial charge in [0, 0.05) is 97.7 Å². The average molecular weight is 815 g/mol. The van der Waals surface area contributed by atoms with Gasteiger partial charge in [-0.2, -0.15) is 0 Å². The highest BCUT2D eigenvalue weighted by Crippen LogP contribution is 2.38. The Morgan fingerprint density at radius 1 is 0.620 bits per heavy atom. The molecular weight excluding hydrogens is 653 g/mol. The number of quaternary nitrogens is 1. The highest BCUT2D eigenvalue weighted by molar-refractivity contribution is 7.45. The van der Waals surface area contributed by atoms with Crippen LogP contribution in [0.1, 0.15) is 302 Å². The van der Waals surface area contributed by atoms with Crippen LogP contribution in [-0.2, 0) is 32.7 Å². The van der Waals surface area contributed by atoms with E-state index in [1.54, 1.807) is 0 Å². The zero-order valence-corrected chi connectivity index (χ0v) is 25.1. The number of carbonyl (C=O) groups is 2. The highest BCUT2D eigenvalue weighted by atomic mass is 31.2. The fourth-order valence-electron chi connectivity index (χ4n) is 1.41. The third-order valence-electron chi connectivity index (χ3n) is 2.88. The maximum absolute atomic E-state index is 14.5. The van der Waals surface area contributed by atoms with Crippen molar-refractivity contribution in [3.05, 3.63) is 0 Å². The molecule has 0 saturated heterocycles. The molecule has 2 atom stereocenters. The van der Waals surface area contributed by atoms with E-state index in [1.165, 1.54) is 0 Å². The lowest BCUT2D eigenvalue weighted by atomic mass is 10.0. The van der Waals surface area contributed by atoms with Crippen molar-refractivity contribution in [2.45, 2.75) is 198 Å². The topological polar surface area (TPSA) is 111 Å². The second-order valence-corrected chi connectivity index (χ2v) is 7.59. The molecule has 0 heterocycles. The molecule has 0 aromatic carbocycles. The number of ether oxygens (including phenoxy) is 2. The molecule has 0 aliphatic rings. The van der Waals surface area contributed by atoms with Crippen molar-refractivity contribution in [1.29, 1.82) is 0 Å². The number of nitrogens with zero attached hydrogens (tertiary/aromatic N) is 1. The molecule has 0 fully saturated rings. The molecule has 298 valence electrons. The summed E-state index contributed by atoms with van der Waals surface area (Å²) in [7, 11) is -8.36. The van der Waals surface area contributed by atoms with E-state index in [9.17, 15) is 19.0 Å². The molecule has 0 bridgehead atoms. The van der Waals surface area contributed by atoms with Crippen LogP contribution < -0.4 is 4.89 Å². The zero-order chi connectivity index (χ0) is 108. The van der Waals surface area contributed by atoms with Crippen LogP contribution in [0.25, 0.3) is 0 Å². The molecule has 0 spiro atoms. The zero-order valence-electron chi connectivity index (χ0n) is 104. The van der Waals surface area contributed by atoms with Gasteiger partial charge >= 0.3 is 11.9 Å². The normalized spacial score (nSPS) is 48.4. The van der Waals surface area contributed by atoms with Gasteiger partial charge in [0.1, 0.15) is 19.6 Å². The number of phosphoric ester groups is 1. The number of rotatable bonds is 38. The Balaban J connectivity index is 9.56. The van der Waals surface area contributed by atoms with E-state index in [2.05, 4.69) is 18.5 Å². The molecule has 0 aromatic rings. The first-order valence-electron chi connectivity index (χ1n) is 51.5. The quantitative estimate of drug-likeness (QED) is 0.0344. The Hall–Kier alpha value is -0.990. The first kappa shape index (κ1) is 6.89. The fraction of sp³-hybridized carbons (Fsp3) is 0.950. The third kappa shape index (κ3) is 36.8. The summed E-state index contributed by atoms with van der Waals surface area (Å²) in [5.41, 5.74) is 0. The summed E-state index contributed by atoms with van der Waals surface area (Å²) in [5, 5.41) is 0. The van der Waals surface area contributed by atoms with Crippen LogP contribution >= 0.6 is 7.82 Å². The Kier molecular flexibility index (Phi) is 4.66. The molecule has 2 unspecified atom stereocenters. The van der Waals surface area contributed by atoms with E-state index in [-0.39, 0.29) is 0 Å². The molecule has 50 heavy (non-hydrogen) atoms. The molecule has 0 N–H and O–H groups in total. The smallest absolute Gasteiger partial charge is 0.306 e. The van der Waals surface area contributed by atoms with Crippen LogP contribution in [0.15, 0.2) is 0 Å². The molecule has 0 aliphatic heterocycles. The lowest BCUT2D eigenvalue weighted by Crippen LogP contribution is -2.37. The molecule has 0 amide bonds. The summed E-state index contributed by atoms with van der Waals surface area (Å²) in [6, 6.07) is 0. The largest absolute Gasteiger partial charge is 0.756 e. The number of likely N-dealkylation sites (N-methyl/N-ethyl adjacent to an activating group) is 1. The Morgan fingerprint density at radius 3 is 1.44 bits per heavy atom. The summed E-state index contributed by atoms with van der Waals surface area (Å²) in [6.45, 7) is -48.1. The maximum Gasteiger partial charge on any atom is 0.306 e. The second-order valence-electron chi connectivity index (χ2n) is 6.33. The first-order valence-corrected chi connectivity index (χ1v) is 13.0. The lowest BCUT2D eigenvalue weighted by Gasteiger charge is -2.28. The third-order valence-corrected chi connectivity index (χ3v) is 3.51. The molecule has 0 saturated carbocycles. The lowest BCUT2D eigenvalue weighted by molar-refractivity contribution is -0.870. The van der Waals surface area contributed by atoms with Crippen LogP contribution in [0.2, 0.25) is 0 Å². The van der Waals surface area contributed by atoms with Crippen LogP contribution in [0.5, 0.6) is 0 Å². The molecule has 0 rings (SSSR count). The van der Waals surface area contributed by atoms with E-state index < -0.39 is 270 Å². The van der Waals surface area contributed by atoms with Crippen LogP contribution in [0.4, 0.5) is 0 Å². The summed E-state index contributed by atoms with van der Waals surface area (Å²) in [5.74, 6) is -8.20. The highest BCUT2D eigenvalue weighted by Gasteiger charge is 2.21. The molecule has 10 heteroatoms. The van der Waals surface area contributed by atoms with E-state index >= 15 is 0 Å². The van der Waals surface area contributed by atoms with Gasteiger partial charge < -0.3 is 27.9 Å².